The third kappa shape index (κ3) is 3.28. The van der Waals surface area contributed by atoms with Crippen LogP contribution in [0.25, 0.3) is 0 Å². The molecule has 0 aliphatic carbocycles. The van der Waals surface area contributed by atoms with Crippen LogP contribution in [0.2, 0.25) is 0 Å². The molecule has 3 rings (SSSR count). The minimum atomic E-state index is -0.378. The number of rotatable bonds is 4. The summed E-state index contributed by atoms with van der Waals surface area (Å²) >= 11 is 0. The lowest BCUT2D eigenvalue weighted by atomic mass is 10.1. The molecule has 1 aliphatic heterocycles. The number of fused-ring (bicyclic) bond motifs is 1. The van der Waals surface area contributed by atoms with Gasteiger partial charge in [0.05, 0.1) is 12.3 Å². The average molecular weight is 315 g/mol. The van der Waals surface area contributed by atoms with E-state index >= 15 is 0 Å². The smallest absolute Gasteiger partial charge is 0.255 e. The molecule has 1 heterocycles. The zero-order valence-corrected chi connectivity index (χ0v) is 13.1. The molecule has 120 valence electrons. The van der Waals surface area contributed by atoms with E-state index in [1.165, 1.54) is 24.3 Å². The van der Waals surface area contributed by atoms with Gasteiger partial charge in [-0.15, -0.1) is 0 Å². The summed E-state index contributed by atoms with van der Waals surface area (Å²) < 4.78 is 24.3. The summed E-state index contributed by atoms with van der Waals surface area (Å²) in [5.41, 5.74) is 2.00. The summed E-state index contributed by atoms with van der Waals surface area (Å²) in [6.07, 6.45) is 0.934. The number of hydrogen-bond acceptors (Lipinski definition) is 3. The molecule has 5 heteroatoms. The van der Waals surface area contributed by atoms with Gasteiger partial charge in [-0.1, -0.05) is 0 Å². The largest absolute Gasteiger partial charge is 0.492 e. The Kier molecular flexibility index (Phi) is 4.19. The van der Waals surface area contributed by atoms with Crippen LogP contribution in [0.3, 0.4) is 0 Å². The molecule has 4 nitrogen and oxygen atoms in total. The summed E-state index contributed by atoms with van der Waals surface area (Å²) in [7, 11) is 0. The first kappa shape index (κ1) is 15.3. The van der Waals surface area contributed by atoms with Crippen molar-refractivity contribution >= 4 is 11.6 Å². The van der Waals surface area contributed by atoms with Crippen molar-refractivity contribution in [1.82, 2.24) is 0 Å². The second-order valence-electron chi connectivity index (χ2n) is 5.48. The van der Waals surface area contributed by atoms with E-state index in [0.717, 1.165) is 17.7 Å². The molecule has 0 saturated heterocycles. The summed E-state index contributed by atoms with van der Waals surface area (Å²) in [5.74, 6) is 0.670. The van der Waals surface area contributed by atoms with Crippen LogP contribution in [0.5, 0.6) is 11.5 Å². The molecule has 2 aromatic carbocycles. The summed E-state index contributed by atoms with van der Waals surface area (Å²) in [4.78, 5) is 12.3. The number of carbonyl (C=O) groups is 1. The minimum Gasteiger partial charge on any atom is -0.492 e. The highest BCUT2D eigenvalue weighted by molar-refractivity contribution is 6.05. The van der Waals surface area contributed by atoms with Crippen molar-refractivity contribution in [1.29, 1.82) is 0 Å². The molecule has 0 spiro atoms. The average Bonchev–Trinajstić information content (AvgIpc) is 2.87. The van der Waals surface area contributed by atoms with E-state index < -0.39 is 0 Å². The zero-order chi connectivity index (χ0) is 16.4. The Hall–Kier alpha value is -2.56. The van der Waals surface area contributed by atoms with E-state index in [1.54, 1.807) is 6.07 Å². The van der Waals surface area contributed by atoms with E-state index in [4.69, 9.17) is 9.47 Å². The van der Waals surface area contributed by atoms with E-state index in [0.29, 0.717) is 23.6 Å². The molecule has 1 N–H and O–H groups in total. The number of hydrogen-bond donors (Lipinski definition) is 1. The molecule has 1 aliphatic rings. The quantitative estimate of drug-likeness (QED) is 0.933. The van der Waals surface area contributed by atoms with E-state index in [-0.39, 0.29) is 17.8 Å². The van der Waals surface area contributed by atoms with Gasteiger partial charge in [0, 0.05) is 23.6 Å². The van der Waals surface area contributed by atoms with Gasteiger partial charge in [-0.3, -0.25) is 4.79 Å². The van der Waals surface area contributed by atoms with Crippen molar-refractivity contribution in [3.05, 3.63) is 53.3 Å². The van der Waals surface area contributed by atoms with Crippen LogP contribution < -0.4 is 14.8 Å². The Morgan fingerprint density at radius 2 is 2.09 bits per heavy atom. The van der Waals surface area contributed by atoms with Crippen LogP contribution in [-0.4, -0.2) is 18.6 Å². The maximum absolute atomic E-state index is 13.0. The molecule has 0 saturated carbocycles. The van der Waals surface area contributed by atoms with Crippen LogP contribution >= 0.6 is 0 Å². The predicted molar refractivity (Wildman–Crippen MR) is 85.8 cm³/mol. The van der Waals surface area contributed by atoms with Crippen molar-refractivity contribution in [2.75, 3.05) is 11.9 Å². The number of anilines is 1. The lowest BCUT2D eigenvalue weighted by Gasteiger charge is -2.13. The fourth-order valence-electron chi connectivity index (χ4n) is 2.61. The highest BCUT2D eigenvalue weighted by Gasteiger charge is 2.22. The molecule has 1 unspecified atom stereocenters. The normalized spacial score (nSPS) is 15.7. The summed E-state index contributed by atoms with van der Waals surface area (Å²) in [5, 5.41) is 2.81. The standard InChI is InChI=1S/C18H18FNO3/c1-3-22-17-9-13-8-11(2)23-16(13)10-15(17)20-18(21)12-4-6-14(19)7-5-12/h4-7,9-11H,3,8H2,1-2H3,(H,20,21). The highest BCUT2D eigenvalue weighted by atomic mass is 19.1. The fraction of sp³-hybridized carbons (Fsp3) is 0.278. The van der Waals surface area contributed by atoms with Gasteiger partial charge in [0.15, 0.2) is 0 Å². The van der Waals surface area contributed by atoms with Crippen LogP contribution in [0.15, 0.2) is 36.4 Å². The van der Waals surface area contributed by atoms with Gasteiger partial charge in [-0.2, -0.15) is 0 Å². The van der Waals surface area contributed by atoms with E-state index in [9.17, 15) is 9.18 Å². The summed E-state index contributed by atoms with van der Waals surface area (Å²) in [6.45, 7) is 4.38. The van der Waals surface area contributed by atoms with Gasteiger partial charge in [-0.25, -0.2) is 4.39 Å². The number of halogens is 1. The number of carbonyl (C=O) groups excluding carboxylic acids is 1. The topological polar surface area (TPSA) is 47.6 Å². The maximum Gasteiger partial charge on any atom is 0.255 e. The Balaban J connectivity index is 1.88. The van der Waals surface area contributed by atoms with Gasteiger partial charge >= 0.3 is 0 Å². The SMILES string of the molecule is CCOc1cc2c(cc1NC(=O)c1ccc(F)cc1)OC(C)C2. The van der Waals surface area contributed by atoms with Gasteiger partial charge in [0.25, 0.3) is 5.91 Å². The van der Waals surface area contributed by atoms with Gasteiger partial charge in [-0.05, 0) is 44.2 Å². The molecule has 0 bridgehead atoms. The third-order valence-electron chi connectivity index (χ3n) is 3.65. The van der Waals surface area contributed by atoms with Gasteiger partial charge < -0.3 is 14.8 Å². The van der Waals surface area contributed by atoms with Gasteiger partial charge in [0.2, 0.25) is 0 Å². The van der Waals surface area contributed by atoms with Crippen LogP contribution in [0.1, 0.15) is 29.8 Å². The number of ether oxygens (including phenoxy) is 2. The van der Waals surface area contributed by atoms with Crippen molar-refractivity contribution in [3.8, 4) is 11.5 Å². The lowest BCUT2D eigenvalue weighted by molar-refractivity contribution is 0.102. The van der Waals surface area contributed by atoms with Crippen molar-refractivity contribution < 1.29 is 18.7 Å². The van der Waals surface area contributed by atoms with E-state index in [1.807, 2.05) is 19.9 Å². The lowest BCUT2D eigenvalue weighted by Crippen LogP contribution is -2.13. The number of nitrogens with one attached hydrogen (secondary N) is 1. The Morgan fingerprint density at radius 3 is 2.78 bits per heavy atom. The number of benzene rings is 2. The van der Waals surface area contributed by atoms with Crippen molar-refractivity contribution in [2.45, 2.75) is 26.4 Å². The zero-order valence-electron chi connectivity index (χ0n) is 13.1. The van der Waals surface area contributed by atoms with Crippen molar-refractivity contribution in [3.63, 3.8) is 0 Å². The predicted octanol–water partition coefficient (Wildman–Crippen LogP) is 3.80. The third-order valence-corrected chi connectivity index (χ3v) is 3.65. The second kappa shape index (κ2) is 6.28. The molecule has 1 amide bonds. The minimum absolute atomic E-state index is 0.113. The molecule has 0 fully saturated rings. The molecule has 1 atom stereocenters. The number of amides is 1. The second-order valence-corrected chi connectivity index (χ2v) is 5.48. The Bertz CT molecular complexity index is 728. The fourth-order valence-corrected chi connectivity index (χ4v) is 2.61. The van der Waals surface area contributed by atoms with Crippen LogP contribution in [-0.2, 0) is 6.42 Å². The Morgan fingerprint density at radius 1 is 1.35 bits per heavy atom. The highest BCUT2D eigenvalue weighted by Crippen LogP contribution is 2.38. The van der Waals surface area contributed by atoms with Crippen LogP contribution in [0.4, 0.5) is 10.1 Å². The van der Waals surface area contributed by atoms with E-state index in [2.05, 4.69) is 5.32 Å². The monoisotopic (exact) mass is 315 g/mol. The molecular weight excluding hydrogens is 297 g/mol. The van der Waals surface area contributed by atoms with Crippen molar-refractivity contribution in [2.24, 2.45) is 0 Å². The molecule has 2 aromatic rings. The maximum atomic E-state index is 13.0. The molecular formula is C18H18FNO3. The first-order chi connectivity index (χ1) is 11.1. The first-order valence-corrected chi connectivity index (χ1v) is 7.60. The first-order valence-electron chi connectivity index (χ1n) is 7.60. The molecule has 23 heavy (non-hydrogen) atoms. The molecule has 0 radical (unpaired) electrons. The summed E-state index contributed by atoms with van der Waals surface area (Å²) in [6, 6.07) is 9.08. The van der Waals surface area contributed by atoms with Crippen LogP contribution in [0, 0.1) is 5.82 Å². The molecule has 0 aromatic heterocycles. The van der Waals surface area contributed by atoms with Gasteiger partial charge in [0.1, 0.15) is 23.4 Å². The Labute approximate surface area is 134 Å².